The smallest absolute Gasteiger partial charge is 0.165 e. The van der Waals surface area contributed by atoms with Crippen molar-refractivity contribution in [1.29, 1.82) is 0 Å². The molecular weight excluding hydrogens is 396 g/mol. The predicted molar refractivity (Wildman–Crippen MR) is 115 cm³/mol. The van der Waals surface area contributed by atoms with Gasteiger partial charge in [0.15, 0.2) is 11.5 Å². The van der Waals surface area contributed by atoms with Crippen LogP contribution in [0.25, 0.3) is 16.9 Å². The van der Waals surface area contributed by atoms with Gasteiger partial charge in [-0.05, 0) is 19.1 Å². The molecule has 0 aliphatic heterocycles. The minimum absolute atomic E-state index is 0.611. The number of methoxy groups -OCH3 is 1. The van der Waals surface area contributed by atoms with Gasteiger partial charge in [-0.15, -0.1) is 0 Å². The van der Waals surface area contributed by atoms with Crippen molar-refractivity contribution in [3.63, 3.8) is 0 Å². The summed E-state index contributed by atoms with van der Waals surface area (Å²) in [6, 6.07) is 9.11. The second-order valence-corrected chi connectivity index (χ2v) is 6.63. The lowest BCUT2D eigenvalue weighted by Crippen LogP contribution is -2.01. The number of fused-ring (bicyclic) bond motifs is 1. The number of anilines is 4. The van der Waals surface area contributed by atoms with Gasteiger partial charge in [0.2, 0.25) is 0 Å². The fraction of sp³-hybridized carbons (Fsp3) is 0.100. The zero-order chi connectivity index (χ0) is 21.2. The summed E-state index contributed by atoms with van der Waals surface area (Å²) in [7, 11) is 1.61. The molecule has 5 heterocycles. The van der Waals surface area contributed by atoms with Crippen LogP contribution in [0.15, 0.2) is 55.1 Å². The van der Waals surface area contributed by atoms with Gasteiger partial charge in [0.1, 0.15) is 29.0 Å². The second kappa shape index (κ2) is 7.71. The Morgan fingerprint density at radius 3 is 2.71 bits per heavy atom. The first kappa shape index (κ1) is 18.5. The highest BCUT2D eigenvalue weighted by Gasteiger charge is 2.13. The molecule has 0 amide bonds. The third kappa shape index (κ3) is 3.83. The first-order chi connectivity index (χ1) is 15.2. The van der Waals surface area contributed by atoms with E-state index in [9.17, 15) is 0 Å². The van der Waals surface area contributed by atoms with E-state index >= 15 is 0 Å². The molecule has 154 valence electrons. The van der Waals surface area contributed by atoms with Gasteiger partial charge in [-0.1, -0.05) is 0 Å². The molecule has 0 bridgehead atoms. The molecule has 5 aromatic rings. The maximum atomic E-state index is 5.25. The van der Waals surface area contributed by atoms with Crippen molar-refractivity contribution in [1.82, 2.24) is 39.7 Å². The number of hydrogen-bond donors (Lipinski definition) is 3. The van der Waals surface area contributed by atoms with Crippen LogP contribution in [0.2, 0.25) is 0 Å². The van der Waals surface area contributed by atoms with E-state index < -0.39 is 0 Å². The summed E-state index contributed by atoms with van der Waals surface area (Å²) in [6.45, 7) is 1.84. The van der Waals surface area contributed by atoms with E-state index in [1.54, 1.807) is 48.5 Å². The quantitative estimate of drug-likeness (QED) is 0.383. The molecule has 0 saturated heterocycles. The number of rotatable bonds is 6. The van der Waals surface area contributed by atoms with Crippen LogP contribution in [0, 0.1) is 6.92 Å². The summed E-state index contributed by atoms with van der Waals surface area (Å²) in [5.41, 5.74) is 2.19. The van der Waals surface area contributed by atoms with Gasteiger partial charge in [-0.2, -0.15) is 10.2 Å². The van der Waals surface area contributed by atoms with Crippen LogP contribution < -0.4 is 15.4 Å². The van der Waals surface area contributed by atoms with E-state index in [0.29, 0.717) is 40.4 Å². The Hall–Kier alpha value is -4.54. The van der Waals surface area contributed by atoms with E-state index in [0.717, 1.165) is 11.4 Å². The van der Waals surface area contributed by atoms with E-state index in [-0.39, 0.29) is 0 Å². The molecular formula is C20H18N10O. The molecule has 0 unspecified atom stereocenters. The van der Waals surface area contributed by atoms with Gasteiger partial charge in [0, 0.05) is 36.2 Å². The Bertz CT molecular complexity index is 1350. The summed E-state index contributed by atoms with van der Waals surface area (Å²) >= 11 is 0. The molecule has 0 saturated carbocycles. The number of aryl methyl sites for hydroxylation is 1. The number of aromatic amines is 1. The lowest BCUT2D eigenvalue weighted by atomic mass is 10.2. The van der Waals surface area contributed by atoms with Crippen molar-refractivity contribution in [2.45, 2.75) is 6.92 Å². The third-order valence-corrected chi connectivity index (χ3v) is 4.46. The van der Waals surface area contributed by atoms with Crippen LogP contribution >= 0.6 is 0 Å². The van der Waals surface area contributed by atoms with Crippen LogP contribution in [0.4, 0.5) is 23.3 Å². The van der Waals surface area contributed by atoms with Crippen molar-refractivity contribution in [3.05, 3.63) is 60.9 Å². The van der Waals surface area contributed by atoms with Gasteiger partial charge in [-0.25, -0.2) is 24.5 Å². The Kier molecular flexibility index (Phi) is 4.60. The molecule has 0 aliphatic rings. The highest BCUT2D eigenvalue weighted by atomic mass is 16.5. The number of aromatic nitrogens is 8. The molecule has 0 aromatic carbocycles. The Morgan fingerprint density at radius 1 is 0.935 bits per heavy atom. The van der Waals surface area contributed by atoms with Crippen molar-refractivity contribution >= 4 is 28.9 Å². The fourth-order valence-corrected chi connectivity index (χ4v) is 3.13. The molecule has 0 atom stereocenters. The van der Waals surface area contributed by atoms with Crippen LogP contribution in [0.5, 0.6) is 5.75 Å². The van der Waals surface area contributed by atoms with Gasteiger partial charge >= 0.3 is 0 Å². The summed E-state index contributed by atoms with van der Waals surface area (Å²) in [5.74, 6) is 3.92. The summed E-state index contributed by atoms with van der Waals surface area (Å²) in [6.07, 6.45) is 6.84. The van der Waals surface area contributed by atoms with Crippen LogP contribution in [0.3, 0.4) is 0 Å². The molecule has 0 spiro atoms. The minimum Gasteiger partial charge on any atom is -0.497 e. The maximum absolute atomic E-state index is 5.25. The molecule has 3 N–H and O–H groups in total. The molecule has 31 heavy (non-hydrogen) atoms. The van der Waals surface area contributed by atoms with Crippen LogP contribution in [0.1, 0.15) is 5.82 Å². The van der Waals surface area contributed by atoms with Crippen molar-refractivity contribution < 1.29 is 4.74 Å². The normalized spacial score (nSPS) is 10.9. The molecule has 0 fully saturated rings. The molecule has 5 aromatic heterocycles. The van der Waals surface area contributed by atoms with Gasteiger partial charge in [0.05, 0.1) is 25.2 Å². The van der Waals surface area contributed by atoms with E-state index in [4.69, 9.17) is 4.74 Å². The zero-order valence-electron chi connectivity index (χ0n) is 16.7. The molecule has 11 nitrogen and oxygen atoms in total. The fourth-order valence-electron chi connectivity index (χ4n) is 3.13. The van der Waals surface area contributed by atoms with Gasteiger partial charge in [-0.3, -0.25) is 5.10 Å². The lowest BCUT2D eigenvalue weighted by molar-refractivity contribution is 0.414. The van der Waals surface area contributed by atoms with Crippen molar-refractivity contribution in [2.75, 3.05) is 17.7 Å². The van der Waals surface area contributed by atoms with Gasteiger partial charge in [0.25, 0.3) is 0 Å². The van der Waals surface area contributed by atoms with Crippen LogP contribution in [-0.2, 0) is 0 Å². The highest BCUT2D eigenvalue weighted by molar-refractivity contribution is 5.78. The number of pyridine rings is 1. The van der Waals surface area contributed by atoms with E-state index in [1.807, 2.05) is 25.1 Å². The average Bonchev–Trinajstić information content (AvgIpc) is 3.42. The minimum atomic E-state index is 0.611. The third-order valence-electron chi connectivity index (χ3n) is 4.46. The largest absolute Gasteiger partial charge is 0.497 e. The first-order valence-electron chi connectivity index (χ1n) is 9.42. The monoisotopic (exact) mass is 414 g/mol. The highest BCUT2D eigenvalue weighted by Crippen LogP contribution is 2.26. The SMILES string of the molecule is COc1ccnc(Nc2cc(-c3ccnn4cc(Nc5ccn[nH]5)nc34)nc(C)n2)c1. The predicted octanol–water partition coefficient (Wildman–Crippen LogP) is 3.11. The second-order valence-electron chi connectivity index (χ2n) is 6.63. The average molecular weight is 414 g/mol. The Morgan fingerprint density at radius 2 is 1.87 bits per heavy atom. The number of nitrogens with one attached hydrogen (secondary N) is 3. The number of hydrogen-bond acceptors (Lipinski definition) is 9. The van der Waals surface area contributed by atoms with E-state index in [2.05, 4.69) is 45.9 Å². The Balaban J connectivity index is 1.51. The summed E-state index contributed by atoms with van der Waals surface area (Å²) in [5, 5.41) is 17.5. The molecule has 11 heteroatoms. The summed E-state index contributed by atoms with van der Waals surface area (Å²) in [4.78, 5) is 18.0. The van der Waals surface area contributed by atoms with Gasteiger partial charge < -0.3 is 15.4 Å². The molecule has 5 rings (SSSR count). The Labute approximate surface area is 176 Å². The topological polar surface area (TPSA) is 131 Å². The number of imidazole rings is 1. The zero-order valence-corrected chi connectivity index (χ0v) is 16.7. The standard InChI is InChI=1S/C20H18N10O/c1-12-24-15(10-18(25-12)27-17-9-13(31-2)3-6-21-17)14-4-8-23-30-11-19(28-20(14)30)26-16-5-7-22-29-16/h3-11H,1-2H3,(H2,22,26,29)(H,21,24,25,27). The van der Waals surface area contributed by atoms with Crippen molar-refractivity contribution in [3.8, 4) is 17.0 Å². The number of H-pyrrole nitrogens is 1. The van der Waals surface area contributed by atoms with Crippen LogP contribution in [-0.4, -0.2) is 46.9 Å². The number of nitrogens with zero attached hydrogens (tertiary/aromatic N) is 7. The van der Waals surface area contributed by atoms with E-state index in [1.165, 1.54) is 0 Å². The molecule has 0 aliphatic carbocycles. The summed E-state index contributed by atoms with van der Waals surface area (Å²) < 4.78 is 6.95. The van der Waals surface area contributed by atoms with Crippen molar-refractivity contribution in [2.24, 2.45) is 0 Å². The number of ether oxygens (including phenoxy) is 1. The first-order valence-corrected chi connectivity index (χ1v) is 9.42. The maximum Gasteiger partial charge on any atom is 0.165 e. The molecule has 0 radical (unpaired) electrons. The lowest BCUT2D eigenvalue weighted by Gasteiger charge is -2.09.